The zero-order chi connectivity index (χ0) is 22.2. The minimum absolute atomic E-state index is 0.0236. The van der Waals surface area contributed by atoms with Crippen molar-refractivity contribution >= 4 is 38.9 Å². The van der Waals surface area contributed by atoms with Crippen molar-refractivity contribution in [2.45, 2.75) is 11.8 Å². The standard InChI is InChI=1S/C23H18N2O5S/c1-2-31(29,30)20-13-6-5-12-19(20)21(26)24-15-8-7-9-16(14-15)25-22(27)17-10-3-4-11-18(17)23(25)28/h3-14H,2H2,1H3,(H,24,26). The fourth-order valence-corrected chi connectivity index (χ4v) is 4.52. The van der Waals surface area contributed by atoms with Gasteiger partial charge in [0.1, 0.15) is 0 Å². The summed E-state index contributed by atoms with van der Waals surface area (Å²) in [5, 5.41) is 2.66. The highest BCUT2D eigenvalue weighted by atomic mass is 32.2. The van der Waals surface area contributed by atoms with Crippen molar-refractivity contribution in [2.24, 2.45) is 0 Å². The van der Waals surface area contributed by atoms with Gasteiger partial charge in [-0.05, 0) is 42.5 Å². The minimum atomic E-state index is -3.59. The fourth-order valence-electron chi connectivity index (χ4n) is 3.43. The molecule has 0 spiro atoms. The maximum Gasteiger partial charge on any atom is 0.266 e. The first-order valence-electron chi connectivity index (χ1n) is 9.54. The molecular formula is C23H18N2O5S. The van der Waals surface area contributed by atoms with Crippen LogP contribution < -0.4 is 10.2 Å². The predicted octanol–water partition coefficient (Wildman–Crippen LogP) is 3.53. The maximum atomic E-state index is 12.8. The van der Waals surface area contributed by atoms with E-state index in [0.717, 1.165) is 4.90 Å². The largest absolute Gasteiger partial charge is 0.322 e. The van der Waals surface area contributed by atoms with E-state index in [2.05, 4.69) is 5.32 Å². The first-order chi connectivity index (χ1) is 14.8. The average molecular weight is 434 g/mol. The van der Waals surface area contributed by atoms with Crippen molar-refractivity contribution in [3.05, 3.63) is 89.5 Å². The molecule has 3 amide bonds. The van der Waals surface area contributed by atoms with Gasteiger partial charge in [0.2, 0.25) is 0 Å². The molecule has 0 unspecified atom stereocenters. The molecule has 0 aromatic heterocycles. The number of nitrogens with zero attached hydrogens (tertiary/aromatic N) is 1. The summed E-state index contributed by atoms with van der Waals surface area (Å²) < 4.78 is 24.7. The van der Waals surface area contributed by atoms with E-state index >= 15 is 0 Å². The van der Waals surface area contributed by atoms with Gasteiger partial charge in [-0.25, -0.2) is 13.3 Å². The third-order valence-electron chi connectivity index (χ3n) is 5.00. The molecule has 156 valence electrons. The minimum Gasteiger partial charge on any atom is -0.322 e. The third kappa shape index (κ3) is 3.62. The Morgan fingerprint density at radius 2 is 1.48 bits per heavy atom. The summed E-state index contributed by atoms with van der Waals surface area (Å²) in [4.78, 5) is 39.2. The summed E-state index contributed by atoms with van der Waals surface area (Å²) in [6, 6.07) is 18.8. The van der Waals surface area contributed by atoms with Gasteiger partial charge in [0.25, 0.3) is 17.7 Å². The zero-order valence-electron chi connectivity index (χ0n) is 16.5. The molecule has 0 aliphatic carbocycles. The Morgan fingerprint density at radius 1 is 0.871 bits per heavy atom. The highest BCUT2D eigenvalue weighted by Crippen LogP contribution is 2.30. The van der Waals surface area contributed by atoms with Crippen LogP contribution in [0.3, 0.4) is 0 Å². The Bertz CT molecular complexity index is 1300. The summed E-state index contributed by atoms with van der Waals surface area (Å²) in [6.45, 7) is 1.51. The number of anilines is 2. The van der Waals surface area contributed by atoms with Crippen LogP contribution in [0.1, 0.15) is 38.0 Å². The number of hydrogen-bond donors (Lipinski definition) is 1. The number of hydrogen-bond acceptors (Lipinski definition) is 5. The zero-order valence-corrected chi connectivity index (χ0v) is 17.3. The van der Waals surface area contributed by atoms with E-state index in [1.807, 2.05) is 0 Å². The number of amides is 3. The molecule has 8 heteroatoms. The Balaban J connectivity index is 1.64. The van der Waals surface area contributed by atoms with E-state index in [1.54, 1.807) is 54.6 Å². The molecule has 1 heterocycles. The van der Waals surface area contributed by atoms with Gasteiger partial charge >= 0.3 is 0 Å². The van der Waals surface area contributed by atoms with Gasteiger partial charge in [-0.15, -0.1) is 0 Å². The van der Waals surface area contributed by atoms with Crippen LogP contribution in [0, 0.1) is 0 Å². The molecular weight excluding hydrogens is 416 g/mol. The Kier molecular flexibility index (Phi) is 5.16. The quantitative estimate of drug-likeness (QED) is 0.619. The van der Waals surface area contributed by atoms with Gasteiger partial charge in [-0.3, -0.25) is 14.4 Å². The number of sulfone groups is 1. The first-order valence-corrected chi connectivity index (χ1v) is 11.2. The van der Waals surface area contributed by atoms with E-state index in [9.17, 15) is 22.8 Å². The van der Waals surface area contributed by atoms with E-state index in [1.165, 1.54) is 25.1 Å². The lowest BCUT2D eigenvalue weighted by molar-refractivity contribution is 0.0925. The molecule has 1 N–H and O–H groups in total. The smallest absolute Gasteiger partial charge is 0.266 e. The molecule has 0 fully saturated rings. The van der Waals surface area contributed by atoms with Gasteiger partial charge in [0.05, 0.1) is 33.0 Å². The summed E-state index contributed by atoms with van der Waals surface area (Å²) in [5.74, 6) is -1.62. The number of carbonyl (C=O) groups is 3. The van der Waals surface area contributed by atoms with Crippen LogP contribution in [0.15, 0.2) is 77.7 Å². The summed E-state index contributed by atoms with van der Waals surface area (Å²) >= 11 is 0. The Morgan fingerprint density at radius 3 is 2.13 bits per heavy atom. The number of nitrogens with one attached hydrogen (secondary N) is 1. The van der Waals surface area contributed by atoms with Gasteiger partial charge < -0.3 is 5.32 Å². The molecule has 31 heavy (non-hydrogen) atoms. The topological polar surface area (TPSA) is 101 Å². The van der Waals surface area contributed by atoms with E-state index in [4.69, 9.17) is 0 Å². The van der Waals surface area contributed by atoms with Gasteiger partial charge in [0, 0.05) is 5.69 Å². The molecule has 7 nitrogen and oxygen atoms in total. The number of imide groups is 1. The average Bonchev–Trinajstić information content (AvgIpc) is 3.04. The van der Waals surface area contributed by atoms with Crippen LogP contribution in [-0.4, -0.2) is 31.9 Å². The highest BCUT2D eigenvalue weighted by molar-refractivity contribution is 7.91. The van der Waals surface area contributed by atoms with E-state index in [0.29, 0.717) is 22.5 Å². The second-order valence-electron chi connectivity index (χ2n) is 6.90. The number of benzene rings is 3. The molecule has 0 bridgehead atoms. The normalized spacial score (nSPS) is 13.3. The molecule has 3 aromatic carbocycles. The van der Waals surface area contributed by atoms with Gasteiger partial charge in [-0.1, -0.05) is 37.3 Å². The van der Waals surface area contributed by atoms with Gasteiger partial charge in [0.15, 0.2) is 9.84 Å². The van der Waals surface area contributed by atoms with Crippen molar-refractivity contribution in [3.8, 4) is 0 Å². The fraction of sp³-hybridized carbons (Fsp3) is 0.0870. The van der Waals surface area contributed by atoms with Crippen LogP contribution in [0.5, 0.6) is 0 Å². The molecule has 0 saturated carbocycles. The molecule has 1 aliphatic rings. The number of carbonyl (C=O) groups excluding carboxylic acids is 3. The molecule has 4 rings (SSSR count). The Hall–Kier alpha value is -3.78. The number of fused-ring (bicyclic) bond motifs is 1. The lowest BCUT2D eigenvalue weighted by Gasteiger charge is -2.16. The number of rotatable bonds is 5. The SMILES string of the molecule is CCS(=O)(=O)c1ccccc1C(=O)Nc1cccc(N2C(=O)c3ccccc3C2=O)c1. The van der Waals surface area contributed by atoms with Crippen molar-refractivity contribution in [3.63, 3.8) is 0 Å². The van der Waals surface area contributed by atoms with Crippen LogP contribution in [0.2, 0.25) is 0 Å². The molecule has 0 radical (unpaired) electrons. The van der Waals surface area contributed by atoms with Crippen LogP contribution in [-0.2, 0) is 9.84 Å². The summed E-state index contributed by atoms with van der Waals surface area (Å²) in [7, 11) is -3.59. The van der Waals surface area contributed by atoms with Crippen molar-refractivity contribution < 1.29 is 22.8 Å². The highest BCUT2D eigenvalue weighted by Gasteiger charge is 2.36. The lowest BCUT2D eigenvalue weighted by Crippen LogP contribution is -2.29. The summed E-state index contributed by atoms with van der Waals surface area (Å²) in [5.41, 5.74) is 1.29. The van der Waals surface area contributed by atoms with Crippen molar-refractivity contribution in [2.75, 3.05) is 16.0 Å². The lowest BCUT2D eigenvalue weighted by atomic mass is 10.1. The van der Waals surface area contributed by atoms with Crippen molar-refractivity contribution in [1.82, 2.24) is 0 Å². The second-order valence-corrected chi connectivity index (χ2v) is 9.14. The Labute approximate surface area is 179 Å². The predicted molar refractivity (Wildman–Crippen MR) is 116 cm³/mol. The van der Waals surface area contributed by atoms with Crippen molar-refractivity contribution in [1.29, 1.82) is 0 Å². The van der Waals surface area contributed by atoms with E-state index < -0.39 is 27.6 Å². The van der Waals surface area contributed by atoms with Crippen LogP contribution in [0.4, 0.5) is 11.4 Å². The summed E-state index contributed by atoms with van der Waals surface area (Å²) in [6.07, 6.45) is 0. The van der Waals surface area contributed by atoms with E-state index in [-0.39, 0.29) is 16.2 Å². The molecule has 3 aromatic rings. The van der Waals surface area contributed by atoms with Gasteiger partial charge in [-0.2, -0.15) is 0 Å². The third-order valence-corrected chi connectivity index (χ3v) is 6.79. The molecule has 0 saturated heterocycles. The van der Waals surface area contributed by atoms with Crippen LogP contribution >= 0.6 is 0 Å². The second kappa shape index (κ2) is 7.81. The van der Waals surface area contributed by atoms with Crippen LogP contribution in [0.25, 0.3) is 0 Å². The molecule has 0 atom stereocenters. The monoisotopic (exact) mass is 434 g/mol. The molecule has 1 aliphatic heterocycles. The first kappa shape index (κ1) is 20.5. The maximum absolute atomic E-state index is 12.8.